The summed E-state index contributed by atoms with van der Waals surface area (Å²) in [5, 5.41) is 13.7. The third kappa shape index (κ3) is 6.95. The minimum absolute atomic E-state index is 0.133. The lowest BCUT2D eigenvalue weighted by Crippen LogP contribution is -2.25. The Morgan fingerprint density at radius 3 is 2.74 bits per heavy atom. The van der Waals surface area contributed by atoms with Crippen LogP contribution in [0.2, 0.25) is 0 Å². The summed E-state index contributed by atoms with van der Waals surface area (Å²) in [5.74, 6) is 0.798. The smallest absolute Gasteiger partial charge is 0.405 e. The third-order valence-electron chi connectivity index (χ3n) is 4.77. The molecule has 0 saturated carbocycles. The van der Waals surface area contributed by atoms with Gasteiger partial charge in [0.2, 0.25) is 5.95 Å². The van der Waals surface area contributed by atoms with E-state index in [9.17, 15) is 18.0 Å². The molecular formula is C23H26F3N7O2. The summed E-state index contributed by atoms with van der Waals surface area (Å²) in [5.41, 5.74) is 5.91. The van der Waals surface area contributed by atoms with Crippen molar-refractivity contribution in [2.45, 2.75) is 39.4 Å². The van der Waals surface area contributed by atoms with Crippen LogP contribution in [0, 0.1) is 6.92 Å². The predicted octanol–water partition coefficient (Wildman–Crippen LogP) is 4.42. The van der Waals surface area contributed by atoms with Crippen LogP contribution in [0.5, 0.6) is 0 Å². The Morgan fingerprint density at radius 1 is 1.29 bits per heavy atom. The summed E-state index contributed by atoms with van der Waals surface area (Å²) >= 11 is 0. The van der Waals surface area contributed by atoms with Crippen LogP contribution in [0.1, 0.15) is 47.4 Å². The normalized spacial score (nSPS) is 12.3. The molecular weight excluding hydrogens is 463 g/mol. The maximum atomic E-state index is 13.1. The van der Waals surface area contributed by atoms with Gasteiger partial charge in [-0.2, -0.15) is 18.2 Å². The van der Waals surface area contributed by atoms with Crippen molar-refractivity contribution in [3.63, 3.8) is 0 Å². The number of allylic oxidation sites excluding steroid dienone is 3. The van der Waals surface area contributed by atoms with E-state index in [4.69, 9.17) is 10.3 Å². The summed E-state index contributed by atoms with van der Waals surface area (Å²) < 4.78 is 45.7. The average molecular weight is 490 g/mol. The zero-order valence-corrected chi connectivity index (χ0v) is 19.3. The fourth-order valence-electron chi connectivity index (χ4n) is 3.22. The number of rotatable bonds is 10. The minimum atomic E-state index is -4.46. The molecule has 12 heteroatoms. The van der Waals surface area contributed by atoms with Crippen LogP contribution in [0.3, 0.4) is 0 Å². The Kier molecular flexibility index (Phi) is 8.29. The quantitative estimate of drug-likeness (QED) is 0.284. The topological polar surface area (TPSA) is 124 Å². The first kappa shape index (κ1) is 25.5. The van der Waals surface area contributed by atoms with Gasteiger partial charge in [0.1, 0.15) is 5.76 Å². The number of nitrogens with zero attached hydrogens (tertiary/aromatic N) is 4. The van der Waals surface area contributed by atoms with Crippen molar-refractivity contribution in [3.8, 4) is 0 Å². The fourth-order valence-corrected chi connectivity index (χ4v) is 3.22. The molecule has 0 aliphatic rings. The summed E-state index contributed by atoms with van der Waals surface area (Å²) in [7, 11) is 0. The van der Waals surface area contributed by atoms with E-state index in [2.05, 4.69) is 25.9 Å². The summed E-state index contributed by atoms with van der Waals surface area (Å²) in [4.78, 5) is 16.6. The number of aromatic nitrogens is 4. The third-order valence-corrected chi connectivity index (χ3v) is 4.77. The molecule has 0 fully saturated rings. The summed E-state index contributed by atoms with van der Waals surface area (Å²) in [6.45, 7) is 4.36. The van der Waals surface area contributed by atoms with Crippen molar-refractivity contribution < 1.29 is 22.5 Å². The SMILES string of the molecule is CC/C=C(\C=C/N)c1nc(Nc2cccc(C(F)(F)F)c2)nn1CCCNC(=O)c1cc(C)on1. The van der Waals surface area contributed by atoms with E-state index in [0.29, 0.717) is 43.1 Å². The van der Waals surface area contributed by atoms with Gasteiger partial charge in [-0.15, -0.1) is 5.10 Å². The van der Waals surface area contributed by atoms with E-state index in [-0.39, 0.29) is 23.2 Å². The number of hydrogen-bond donors (Lipinski definition) is 3. The number of carbonyl (C=O) groups is 1. The Morgan fingerprint density at radius 2 is 2.09 bits per heavy atom. The number of alkyl halides is 3. The number of amides is 1. The molecule has 0 saturated heterocycles. The predicted molar refractivity (Wildman–Crippen MR) is 125 cm³/mol. The van der Waals surface area contributed by atoms with E-state index >= 15 is 0 Å². The molecule has 0 radical (unpaired) electrons. The van der Waals surface area contributed by atoms with E-state index in [1.807, 2.05) is 13.0 Å². The number of halogens is 3. The number of nitrogens with one attached hydrogen (secondary N) is 2. The molecule has 0 bridgehead atoms. The lowest BCUT2D eigenvalue weighted by atomic mass is 10.2. The number of anilines is 2. The van der Waals surface area contributed by atoms with Crippen LogP contribution in [-0.2, 0) is 12.7 Å². The van der Waals surface area contributed by atoms with Crippen molar-refractivity contribution in [3.05, 3.63) is 71.5 Å². The van der Waals surface area contributed by atoms with Gasteiger partial charge in [-0.25, -0.2) is 4.68 Å². The van der Waals surface area contributed by atoms with Gasteiger partial charge in [-0.1, -0.05) is 24.2 Å². The van der Waals surface area contributed by atoms with Crippen LogP contribution in [-0.4, -0.2) is 32.4 Å². The van der Waals surface area contributed by atoms with E-state index in [0.717, 1.165) is 12.1 Å². The number of nitrogens with two attached hydrogens (primary N) is 1. The highest BCUT2D eigenvalue weighted by Crippen LogP contribution is 2.31. The highest BCUT2D eigenvalue weighted by molar-refractivity contribution is 5.92. The first-order valence-corrected chi connectivity index (χ1v) is 10.9. The molecule has 0 spiro atoms. The standard InChI is InChI=1S/C23H26F3N7O2/c1-3-6-16(9-10-27)20-30-22(29-18-8-4-7-17(14-18)23(24,25)26)31-33(20)12-5-11-28-21(34)19-13-15(2)35-32-19/h4,6-10,13-14H,3,5,11-12,27H2,1-2H3,(H,28,34)(H,29,31)/b10-9-,16-6+. The van der Waals surface area contributed by atoms with Gasteiger partial charge < -0.3 is 20.9 Å². The Labute approximate surface area is 199 Å². The molecule has 4 N–H and O–H groups in total. The highest BCUT2D eigenvalue weighted by Gasteiger charge is 2.30. The lowest BCUT2D eigenvalue weighted by Gasteiger charge is -2.08. The summed E-state index contributed by atoms with van der Waals surface area (Å²) in [6, 6.07) is 6.33. The second kappa shape index (κ2) is 11.4. The van der Waals surface area contributed by atoms with Gasteiger partial charge in [0.25, 0.3) is 5.91 Å². The van der Waals surface area contributed by atoms with Crippen LogP contribution >= 0.6 is 0 Å². The molecule has 1 aromatic carbocycles. The van der Waals surface area contributed by atoms with Gasteiger partial charge in [-0.3, -0.25) is 4.79 Å². The van der Waals surface area contributed by atoms with Crippen molar-refractivity contribution in [2.24, 2.45) is 5.73 Å². The molecule has 3 aromatic rings. The Balaban J connectivity index is 1.76. The number of benzene rings is 1. The van der Waals surface area contributed by atoms with Gasteiger partial charge in [0, 0.05) is 30.4 Å². The Bertz CT molecular complexity index is 1210. The molecule has 3 rings (SSSR count). The van der Waals surface area contributed by atoms with Crippen LogP contribution < -0.4 is 16.4 Å². The van der Waals surface area contributed by atoms with E-state index in [1.54, 1.807) is 17.7 Å². The van der Waals surface area contributed by atoms with Gasteiger partial charge in [0.15, 0.2) is 11.5 Å². The highest BCUT2D eigenvalue weighted by atomic mass is 19.4. The lowest BCUT2D eigenvalue weighted by molar-refractivity contribution is -0.137. The first-order valence-electron chi connectivity index (χ1n) is 10.9. The molecule has 35 heavy (non-hydrogen) atoms. The van der Waals surface area contributed by atoms with E-state index in [1.165, 1.54) is 24.4 Å². The maximum absolute atomic E-state index is 13.1. The van der Waals surface area contributed by atoms with E-state index < -0.39 is 11.7 Å². The van der Waals surface area contributed by atoms with Crippen molar-refractivity contribution in [2.75, 3.05) is 11.9 Å². The number of hydrogen-bond acceptors (Lipinski definition) is 7. The summed E-state index contributed by atoms with van der Waals surface area (Å²) in [6.07, 6.45) is 1.71. The molecule has 0 aliphatic carbocycles. The van der Waals surface area contributed by atoms with Crippen LogP contribution in [0.15, 0.2) is 53.2 Å². The molecule has 9 nitrogen and oxygen atoms in total. The van der Waals surface area contributed by atoms with Crippen LogP contribution in [0.4, 0.5) is 24.8 Å². The van der Waals surface area contributed by atoms with Gasteiger partial charge >= 0.3 is 6.18 Å². The second-order valence-corrected chi connectivity index (χ2v) is 7.54. The monoisotopic (exact) mass is 489 g/mol. The number of carbonyl (C=O) groups excluding carboxylic acids is 1. The Hall–Kier alpha value is -4.09. The average Bonchev–Trinajstić information content (AvgIpc) is 3.42. The molecule has 0 aliphatic heterocycles. The molecule has 2 heterocycles. The largest absolute Gasteiger partial charge is 0.416 e. The van der Waals surface area contributed by atoms with Gasteiger partial charge in [0.05, 0.1) is 5.56 Å². The molecule has 0 unspecified atom stereocenters. The van der Waals surface area contributed by atoms with Gasteiger partial charge in [-0.05, 0) is 50.2 Å². The van der Waals surface area contributed by atoms with Crippen LogP contribution in [0.25, 0.3) is 5.57 Å². The fraction of sp³-hybridized carbons (Fsp3) is 0.304. The maximum Gasteiger partial charge on any atom is 0.416 e. The number of aryl methyl sites for hydroxylation is 2. The first-order chi connectivity index (χ1) is 16.7. The molecule has 2 aromatic heterocycles. The second-order valence-electron chi connectivity index (χ2n) is 7.54. The van der Waals surface area contributed by atoms with Crippen molar-refractivity contribution in [1.82, 2.24) is 25.2 Å². The zero-order chi connectivity index (χ0) is 25.4. The zero-order valence-electron chi connectivity index (χ0n) is 19.3. The van der Waals surface area contributed by atoms with Crippen molar-refractivity contribution in [1.29, 1.82) is 0 Å². The molecule has 0 atom stereocenters. The van der Waals surface area contributed by atoms with Crippen molar-refractivity contribution >= 4 is 23.1 Å². The molecule has 186 valence electrons. The molecule has 1 amide bonds. The minimum Gasteiger partial charge on any atom is -0.405 e.